The van der Waals surface area contributed by atoms with Crippen LogP contribution in [0.2, 0.25) is 0 Å². The van der Waals surface area contributed by atoms with Crippen molar-refractivity contribution in [2.75, 3.05) is 26.7 Å². The molecule has 3 atom stereocenters. The van der Waals surface area contributed by atoms with Gasteiger partial charge in [-0.3, -0.25) is 0 Å². The summed E-state index contributed by atoms with van der Waals surface area (Å²) < 4.78 is 273. The smallest absolute Gasteiger partial charge is 0.468 e. The van der Waals surface area contributed by atoms with Crippen LogP contribution in [0.4, 0.5) is 147 Å². The molecule has 0 aliphatic carbocycles. The second-order valence-electron chi connectivity index (χ2n) is 32.2. The van der Waals surface area contributed by atoms with Crippen molar-refractivity contribution in [1.82, 2.24) is 0 Å². The normalized spacial score (nSPS) is 12.4. The Kier molecular flexibility index (Phi) is 31.4. The highest BCUT2D eigenvalue weighted by atomic mass is 19.4. The molecule has 3 unspecified atom stereocenters. The van der Waals surface area contributed by atoms with Crippen molar-refractivity contribution in [3.8, 4) is 68.2 Å². The van der Waals surface area contributed by atoms with Gasteiger partial charge in [-0.25, -0.2) is 0 Å². The largest absolute Gasteiger partial charge is 0.508 e. The molecule has 0 aliphatic heterocycles. The Morgan fingerprint density at radius 1 is 0.246 bits per heavy atom. The van der Waals surface area contributed by atoms with Gasteiger partial charge >= 0.3 is 61.3 Å². The van der Waals surface area contributed by atoms with Crippen molar-refractivity contribution in [3.63, 3.8) is 0 Å². The van der Waals surface area contributed by atoms with Gasteiger partial charge in [0.05, 0.1) is 7.11 Å². The van der Waals surface area contributed by atoms with Crippen molar-refractivity contribution < 1.29 is 118 Å². The standard InChI is InChI=1S/C57H45F9N2O4.C36H28N2O2.C19H11F9O2/c1-54(57(64,65)66,40-18-30-49(31-19-40)70-52(58)55(2,60)61)41-20-32-50(33-21-41)71-53(59)56(62,63)72-51-36-28-47(29-37-51)68(43-12-8-5-9-13-43)45-24-16-39(17-25-45)38-14-22-44(23-15-38)67(42-10-6-4-7-11-42)46-26-34-48(69-3)35-27-46;39-35-23-19-33(20-24-35)37(29-7-3-1-4-8-29)31-15-11-27(12-16-31)28-13-17-32(18-14-28)38(30-9-5-2-6-10-30)34-21-25-36(40)26-22-34;1-18(19(26,27)28,10-2-6-12(7-3-10)29-16(24)14(20)21)11-4-8-13(9-5-11)30-17(25)15(22)23/h4-37,52-53H,1-3H3;1-26,39-40H;2-9H,1H3. The summed E-state index contributed by atoms with van der Waals surface area (Å²) in [5.41, 5.74) is 8.27. The van der Waals surface area contributed by atoms with Crippen LogP contribution in [0, 0.1) is 0 Å². The van der Waals surface area contributed by atoms with E-state index in [0.717, 1.165) is 201 Å². The maximum atomic E-state index is 15.3. The number of hydrogen-bond acceptors (Lipinski definition) is 12. The Hall–Kier alpha value is -16.7. The van der Waals surface area contributed by atoms with Gasteiger partial charge in [-0.1, -0.05) is 170 Å². The maximum Gasteiger partial charge on any atom is 0.468 e. The van der Waals surface area contributed by atoms with Gasteiger partial charge < -0.3 is 58.2 Å². The minimum atomic E-state index is -4.96. The fourth-order valence-corrected chi connectivity index (χ4v) is 15.2. The summed E-state index contributed by atoms with van der Waals surface area (Å²) in [5, 5.41) is 19.6. The number of rotatable bonds is 31. The first kappa shape index (κ1) is 101. The Labute approximate surface area is 804 Å². The summed E-state index contributed by atoms with van der Waals surface area (Å²) in [6.45, 7) is 1.91. The Morgan fingerprint density at radius 2 is 0.451 bits per heavy atom. The number of phenolic OH excluding ortho intramolecular Hbond substituents is 2. The van der Waals surface area contributed by atoms with Crippen molar-refractivity contribution in [2.24, 2.45) is 0 Å². The summed E-state index contributed by atoms with van der Waals surface area (Å²) >= 11 is 0. The third-order valence-corrected chi connectivity index (χ3v) is 22.8. The third-order valence-electron chi connectivity index (χ3n) is 22.8. The molecule has 0 aromatic heterocycles. The minimum Gasteiger partial charge on any atom is -0.508 e. The van der Waals surface area contributed by atoms with Crippen LogP contribution in [0.3, 0.4) is 0 Å². The molecule has 0 heterocycles. The quantitative estimate of drug-likeness (QED) is 0.0319. The molecule has 0 spiro atoms. The second kappa shape index (κ2) is 44.0. The molecule has 16 aromatic rings. The van der Waals surface area contributed by atoms with E-state index in [1.54, 1.807) is 31.4 Å². The number of benzene rings is 16. The predicted molar refractivity (Wildman–Crippen MR) is 512 cm³/mol. The molecule has 0 fully saturated rings. The number of halogens is 18. The van der Waals surface area contributed by atoms with E-state index in [9.17, 15) is 76.1 Å². The first-order chi connectivity index (χ1) is 67.8. The molecule has 0 radical (unpaired) electrons. The van der Waals surface area contributed by atoms with E-state index < -0.39 is 106 Å². The van der Waals surface area contributed by atoms with Crippen molar-refractivity contribution >= 4 is 68.2 Å². The van der Waals surface area contributed by atoms with E-state index in [1.807, 2.05) is 199 Å². The molecule has 0 saturated carbocycles. The highest BCUT2D eigenvalue weighted by molar-refractivity contribution is 5.84. The molecule has 0 amide bonds. The second-order valence-corrected chi connectivity index (χ2v) is 32.2. The zero-order valence-electron chi connectivity index (χ0n) is 75.4. The van der Waals surface area contributed by atoms with Crippen LogP contribution < -0.4 is 48.0 Å². The summed E-state index contributed by atoms with van der Waals surface area (Å²) in [4.78, 5) is 8.38. The summed E-state index contributed by atoms with van der Waals surface area (Å²) in [7, 11) is 1.63. The highest BCUT2D eigenvalue weighted by Crippen LogP contribution is 2.51. The number of aromatic hydroxyl groups is 2. The van der Waals surface area contributed by atoms with E-state index >= 15 is 13.2 Å². The minimum absolute atomic E-state index is 0.242. The number of anilines is 12. The molecule has 726 valence electrons. The van der Waals surface area contributed by atoms with Crippen LogP contribution in [0.25, 0.3) is 22.3 Å². The average molecular weight is 1960 g/mol. The molecule has 16 rings (SSSR count). The van der Waals surface area contributed by atoms with E-state index in [4.69, 9.17) is 14.2 Å². The fourth-order valence-electron chi connectivity index (χ4n) is 15.2. The topological polar surface area (TPSA) is 109 Å². The van der Waals surface area contributed by atoms with Crippen molar-refractivity contribution in [3.05, 3.63) is 459 Å². The molecule has 16 aromatic carbocycles. The molecule has 0 bridgehead atoms. The van der Waals surface area contributed by atoms with E-state index in [0.29, 0.717) is 5.69 Å². The van der Waals surface area contributed by atoms with Crippen LogP contribution in [-0.2, 0) is 10.8 Å². The first-order valence-electron chi connectivity index (χ1n) is 43.4. The number of para-hydroxylation sites is 4. The Morgan fingerprint density at radius 3 is 0.676 bits per heavy atom. The molecule has 0 saturated heterocycles. The SMILES string of the molecule is CC(c1ccc(OC(F)=C(F)F)cc1)(c1ccc(OC(F)=C(F)F)cc1)C(F)(F)F.COc1ccc(N(c2ccccc2)c2ccc(-c3ccc(N(c4ccccc4)c4ccc(OC(F)(F)C(F)Oc5ccc(C(C)(c6ccc(OC(F)C(C)(F)F)cc6)C(F)(F)F)cc5)cc4)cc3)cc2)cc1.Oc1ccc(N(c2ccccc2)c2ccc(-c3ccc(N(c4ccccc4)c4ccc(O)cc4)cc3)cc2)cc1. The lowest BCUT2D eigenvalue weighted by atomic mass is 9.75. The first-order valence-corrected chi connectivity index (χ1v) is 43.4. The van der Waals surface area contributed by atoms with Gasteiger partial charge in [0.1, 0.15) is 56.8 Å². The van der Waals surface area contributed by atoms with Crippen molar-refractivity contribution in [1.29, 1.82) is 0 Å². The lowest BCUT2D eigenvalue weighted by molar-refractivity contribution is -0.267. The van der Waals surface area contributed by atoms with Crippen LogP contribution in [0.5, 0.6) is 46.0 Å². The lowest BCUT2D eigenvalue weighted by Gasteiger charge is -2.33. The third kappa shape index (κ3) is 24.2. The molecule has 2 N–H and O–H groups in total. The molecule has 0 aliphatic rings. The average Bonchev–Trinajstić information content (AvgIpc) is 0.751. The zero-order chi connectivity index (χ0) is 101. The van der Waals surface area contributed by atoms with Gasteiger partial charge in [0, 0.05) is 75.2 Å². The monoisotopic (exact) mass is 1950 g/mol. The van der Waals surface area contributed by atoms with Crippen LogP contribution in [-0.4, -0.2) is 54.4 Å². The Bertz CT molecular complexity index is 6650. The van der Waals surface area contributed by atoms with Crippen molar-refractivity contribution in [2.45, 2.75) is 68.7 Å². The number of nitrogens with zero attached hydrogens (tertiary/aromatic N) is 4. The van der Waals surface area contributed by atoms with Gasteiger partial charge in [0.15, 0.2) is 0 Å². The van der Waals surface area contributed by atoms with Crippen LogP contribution >= 0.6 is 0 Å². The van der Waals surface area contributed by atoms with E-state index in [1.165, 1.54) is 24.3 Å². The van der Waals surface area contributed by atoms with Gasteiger partial charge in [0.2, 0.25) is 0 Å². The van der Waals surface area contributed by atoms with Crippen LogP contribution in [0.15, 0.2) is 437 Å². The van der Waals surface area contributed by atoms with Gasteiger partial charge in [-0.2, -0.15) is 79.0 Å². The van der Waals surface area contributed by atoms with E-state index in [2.05, 4.69) is 102 Å². The Balaban J connectivity index is 0.000000191. The number of phenols is 2. The lowest BCUT2D eigenvalue weighted by Crippen LogP contribution is -2.41. The fraction of sp³-hybridized carbons (Fsp3) is 0.107. The number of hydrogen-bond donors (Lipinski definition) is 2. The van der Waals surface area contributed by atoms with E-state index in [-0.39, 0.29) is 35.1 Å². The summed E-state index contributed by atoms with van der Waals surface area (Å²) in [6.07, 6.45) is -26.3. The number of alkyl halides is 12. The molecule has 30 heteroatoms. The van der Waals surface area contributed by atoms with Gasteiger partial charge in [-0.15, -0.1) is 0 Å². The highest BCUT2D eigenvalue weighted by Gasteiger charge is 2.55. The van der Waals surface area contributed by atoms with Gasteiger partial charge in [0.25, 0.3) is 0 Å². The summed E-state index contributed by atoms with van der Waals surface area (Å²) in [5.74, 6) is -4.94. The predicted octanol–water partition coefficient (Wildman–Crippen LogP) is 33.9. The molecular formula is C112H84F18N4O8. The molecule has 12 nitrogen and oxygen atoms in total. The maximum absolute atomic E-state index is 15.3. The number of methoxy groups -OCH3 is 1. The van der Waals surface area contributed by atoms with Crippen LogP contribution in [0.1, 0.15) is 43.0 Å². The van der Waals surface area contributed by atoms with Gasteiger partial charge in [-0.05, 0) is 301 Å². The number of ether oxygens (including phenoxy) is 6. The molecule has 142 heavy (non-hydrogen) atoms. The molecular weight excluding hydrogens is 1870 g/mol. The zero-order valence-corrected chi connectivity index (χ0v) is 75.4. The summed E-state index contributed by atoms with van der Waals surface area (Å²) in [6, 6.07) is 111.